The molecule has 1 aromatic heterocycles. The lowest BCUT2D eigenvalue weighted by Crippen LogP contribution is -2.12. The van der Waals surface area contributed by atoms with Crippen molar-refractivity contribution in [1.82, 2.24) is 0 Å². The van der Waals surface area contributed by atoms with Crippen molar-refractivity contribution in [1.29, 1.82) is 0 Å². The molecule has 1 aromatic carbocycles. The van der Waals surface area contributed by atoms with E-state index >= 15 is 0 Å². The Labute approximate surface area is 114 Å². The van der Waals surface area contributed by atoms with E-state index in [2.05, 4.69) is 58.2 Å². The maximum absolute atomic E-state index is 5.83. The molecule has 0 unspecified atom stereocenters. The first-order valence-electron chi connectivity index (χ1n) is 6.25. The Balaban J connectivity index is 2.58. The predicted molar refractivity (Wildman–Crippen MR) is 82.3 cm³/mol. The number of benzene rings is 1. The summed E-state index contributed by atoms with van der Waals surface area (Å²) in [4.78, 5) is 0. The van der Waals surface area contributed by atoms with Gasteiger partial charge in [0, 0.05) is 5.38 Å². The van der Waals surface area contributed by atoms with Crippen LogP contribution in [0, 0.1) is 13.8 Å². The van der Waals surface area contributed by atoms with Crippen molar-refractivity contribution in [3.8, 4) is 11.1 Å². The first-order chi connectivity index (χ1) is 8.29. The van der Waals surface area contributed by atoms with Gasteiger partial charge in [-0.2, -0.15) is 0 Å². The monoisotopic (exact) mass is 259 g/mol. The van der Waals surface area contributed by atoms with Crippen LogP contribution in [-0.4, -0.2) is 0 Å². The van der Waals surface area contributed by atoms with Gasteiger partial charge < -0.3 is 5.73 Å². The number of hydrogen-bond donors (Lipinski definition) is 1. The lowest BCUT2D eigenvalue weighted by Gasteiger charge is -2.22. The number of rotatable bonds is 1. The number of aryl methyl sites for hydroxylation is 2. The number of thiophene rings is 1. The number of hydrogen-bond acceptors (Lipinski definition) is 2. The van der Waals surface area contributed by atoms with E-state index in [1.165, 1.54) is 27.8 Å². The standard InChI is InChI=1S/C16H21NS/c1-10-6-13(16(3,4)5)7-11(2)15(10)12-8-14(17)18-9-12/h6-9H,17H2,1-5H3. The van der Waals surface area contributed by atoms with Crippen molar-refractivity contribution in [3.63, 3.8) is 0 Å². The van der Waals surface area contributed by atoms with E-state index in [0.717, 1.165) is 5.00 Å². The van der Waals surface area contributed by atoms with E-state index in [1.54, 1.807) is 11.3 Å². The summed E-state index contributed by atoms with van der Waals surface area (Å²) in [6, 6.07) is 6.67. The fourth-order valence-corrected chi connectivity index (χ4v) is 2.98. The highest BCUT2D eigenvalue weighted by atomic mass is 32.1. The third-order valence-corrected chi connectivity index (χ3v) is 4.07. The van der Waals surface area contributed by atoms with Crippen molar-refractivity contribution < 1.29 is 0 Å². The van der Waals surface area contributed by atoms with E-state index in [0.29, 0.717) is 0 Å². The minimum absolute atomic E-state index is 0.196. The number of nitrogens with two attached hydrogens (primary N) is 1. The predicted octanol–water partition coefficient (Wildman–Crippen LogP) is 4.91. The van der Waals surface area contributed by atoms with Crippen LogP contribution in [0.5, 0.6) is 0 Å². The Bertz CT molecular complexity index is 550. The van der Waals surface area contributed by atoms with Crippen molar-refractivity contribution >= 4 is 16.3 Å². The quantitative estimate of drug-likeness (QED) is 0.773. The Morgan fingerprint density at radius 1 is 1.00 bits per heavy atom. The van der Waals surface area contributed by atoms with Gasteiger partial charge in [0.25, 0.3) is 0 Å². The van der Waals surface area contributed by atoms with Crippen LogP contribution in [0.3, 0.4) is 0 Å². The van der Waals surface area contributed by atoms with Gasteiger partial charge in [0.1, 0.15) is 0 Å². The number of anilines is 1. The Hall–Kier alpha value is -1.28. The first kappa shape index (κ1) is 13.2. The van der Waals surface area contributed by atoms with Gasteiger partial charge in [-0.25, -0.2) is 0 Å². The molecular weight excluding hydrogens is 238 g/mol. The van der Waals surface area contributed by atoms with Gasteiger partial charge in [-0.15, -0.1) is 11.3 Å². The zero-order valence-electron chi connectivity index (χ0n) is 11.8. The molecule has 0 saturated carbocycles. The van der Waals surface area contributed by atoms with Gasteiger partial charge in [-0.05, 0) is 53.1 Å². The fourth-order valence-electron chi connectivity index (χ4n) is 2.34. The second-order valence-corrected chi connectivity index (χ2v) is 6.92. The van der Waals surface area contributed by atoms with Crippen molar-refractivity contribution in [2.45, 2.75) is 40.0 Å². The Morgan fingerprint density at radius 3 is 1.94 bits per heavy atom. The van der Waals surface area contributed by atoms with Crippen LogP contribution in [0.1, 0.15) is 37.5 Å². The smallest absolute Gasteiger partial charge is 0.0862 e. The van der Waals surface area contributed by atoms with Crippen LogP contribution in [0.15, 0.2) is 23.6 Å². The second-order valence-electron chi connectivity index (χ2n) is 5.97. The molecule has 0 aliphatic carbocycles. The Kier molecular flexibility index (Phi) is 3.24. The van der Waals surface area contributed by atoms with Crippen LogP contribution < -0.4 is 5.73 Å². The Morgan fingerprint density at radius 2 is 1.56 bits per heavy atom. The van der Waals surface area contributed by atoms with Crippen molar-refractivity contribution in [2.24, 2.45) is 0 Å². The van der Waals surface area contributed by atoms with Gasteiger partial charge in [0.05, 0.1) is 5.00 Å². The summed E-state index contributed by atoms with van der Waals surface area (Å²) in [5, 5.41) is 3.02. The largest absolute Gasteiger partial charge is 0.391 e. The molecule has 1 heterocycles. The zero-order chi connectivity index (χ0) is 13.5. The van der Waals surface area contributed by atoms with Crippen molar-refractivity contribution in [3.05, 3.63) is 40.3 Å². The molecule has 0 bridgehead atoms. The summed E-state index contributed by atoms with van der Waals surface area (Å²) in [5.41, 5.74) is 12.7. The minimum atomic E-state index is 0.196. The van der Waals surface area contributed by atoms with Crippen LogP contribution >= 0.6 is 11.3 Å². The lowest BCUT2D eigenvalue weighted by atomic mass is 9.83. The summed E-state index contributed by atoms with van der Waals surface area (Å²) >= 11 is 1.60. The second kappa shape index (κ2) is 4.43. The SMILES string of the molecule is Cc1cc(C(C)(C)C)cc(C)c1-c1csc(N)c1. The van der Waals surface area contributed by atoms with Crippen LogP contribution in [0.4, 0.5) is 5.00 Å². The molecule has 2 rings (SSSR count). The van der Waals surface area contributed by atoms with Crippen LogP contribution in [0.25, 0.3) is 11.1 Å². The lowest BCUT2D eigenvalue weighted by molar-refractivity contribution is 0.589. The molecule has 2 aromatic rings. The molecule has 0 aliphatic rings. The third-order valence-electron chi connectivity index (χ3n) is 3.31. The average molecular weight is 259 g/mol. The summed E-state index contributed by atoms with van der Waals surface area (Å²) in [5.74, 6) is 0. The highest BCUT2D eigenvalue weighted by Gasteiger charge is 2.17. The van der Waals surface area contributed by atoms with E-state index in [9.17, 15) is 0 Å². The highest BCUT2D eigenvalue weighted by Crippen LogP contribution is 2.35. The molecule has 0 spiro atoms. The molecule has 96 valence electrons. The zero-order valence-corrected chi connectivity index (χ0v) is 12.6. The molecular formula is C16H21NS. The summed E-state index contributed by atoms with van der Waals surface area (Å²) in [7, 11) is 0. The molecule has 0 saturated heterocycles. The maximum atomic E-state index is 5.83. The van der Waals surface area contributed by atoms with Crippen LogP contribution in [0.2, 0.25) is 0 Å². The first-order valence-corrected chi connectivity index (χ1v) is 7.13. The van der Waals surface area contributed by atoms with E-state index in [1.807, 2.05) is 0 Å². The average Bonchev–Trinajstić information content (AvgIpc) is 2.62. The minimum Gasteiger partial charge on any atom is -0.391 e. The number of nitrogen functional groups attached to an aromatic ring is 1. The van der Waals surface area contributed by atoms with Crippen molar-refractivity contribution in [2.75, 3.05) is 5.73 Å². The van der Waals surface area contributed by atoms with E-state index < -0.39 is 0 Å². The van der Waals surface area contributed by atoms with Gasteiger partial charge in [-0.1, -0.05) is 32.9 Å². The molecule has 0 aliphatic heterocycles. The molecule has 0 amide bonds. The molecule has 2 N–H and O–H groups in total. The van der Waals surface area contributed by atoms with Gasteiger partial charge in [-0.3, -0.25) is 0 Å². The molecule has 18 heavy (non-hydrogen) atoms. The molecule has 0 atom stereocenters. The third kappa shape index (κ3) is 2.44. The summed E-state index contributed by atoms with van der Waals surface area (Å²) in [6.07, 6.45) is 0. The topological polar surface area (TPSA) is 26.0 Å². The van der Waals surface area contributed by atoms with Crippen LogP contribution in [-0.2, 0) is 5.41 Å². The maximum Gasteiger partial charge on any atom is 0.0862 e. The van der Waals surface area contributed by atoms with E-state index in [-0.39, 0.29) is 5.41 Å². The molecule has 1 nitrogen and oxygen atoms in total. The molecule has 0 radical (unpaired) electrons. The fraction of sp³-hybridized carbons (Fsp3) is 0.375. The normalized spacial score (nSPS) is 11.8. The van der Waals surface area contributed by atoms with Gasteiger partial charge >= 0.3 is 0 Å². The summed E-state index contributed by atoms with van der Waals surface area (Å²) in [6.45, 7) is 11.1. The summed E-state index contributed by atoms with van der Waals surface area (Å²) < 4.78 is 0. The van der Waals surface area contributed by atoms with Gasteiger partial charge in [0.15, 0.2) is 0 Å². The van der Waals surface area contributed by atoms with E-state index in [4.69, 9.17) is 5.73 Å². The molecule has 2 heteroatoms. The molecule has 0 fully saturated rings. The highest BCUT2D eigenvalue weighted by molar-refractivity contribution is 7.14. The van der Waals surface area contributed by atoms with Gasteiger partial charge in [0.2, 0.25) is 0 Å².